The Morgan fingerprint density at radius 2 is 1.83 bits per heavy atom. The number of amides is 1. The predicted molar refractivity (Wildman–Crippen MR) is 97.7 cm³/mol. The molecule has 24 heavy (non-hydrogen) atoms. The maximum Gasteiger partial charge on any atom is 0.224 e. The number of carbonyl (C=O) groups excluding carboxylic acids is 1. The van der Waals surface area contributed by atoms with Crippen LogP contribution in [0.3, 0.4) is 0 Å². The molecule has 0 saturated carbocycles. The summed E-state index contributed by atoms with van der Waals surface area (Å²) in [6, 6.07) is 18.0. The molecule has 0 unspecified atom stereocenters. The van der Waals surface area contributed by atoms with E-state index in [1.54, 1.807) is 0 Å². The van der Waals surface area contributed by atoms with E-state index in [-0.39, 0.29) is 11.8 Å². The molecule has 2 aromatic rings. The first kappa shape index (κ1) is 17.0. The van der Waals surface area contributed by atoms with Gasteiger partial charge in [-0.2, -0.15) is 0 Å². The summed E-state index contributed by atoms with van der Waals surface area (Å²) in [5, 5.41) is 3.84. The normalized spacial score (nSPS) is 18.3. The van der Waals surface area contributed by atoms with Crippen molar-refractivity contribution in [1.29, 1.82) is 0 Å². The van der Waals surface area contributed by atoms with E-state index in [0.717, 1.165) is 43.1 Å². The second-order valence-corrected chi connectivity index (χ2v) is 6.84. The number of hydrogen-bond acceptors (Lipinski definition) is 2. The number of nitrogens with one attached hydrogen (secondary N) is 1. The van der Waals surface area contributed by atoms with Crippen molar-refractivity contribution in [1.82, 2.24) is 10.2 Å². The molecule has 0 bridgehead atoms. The third kappa shape index (κ3) is 4.83. The zero-order valence-electron chi connectivity index (χ0n) is 13.7. The van der Waals surface area contributed by atoms with Gasteiger partial charge in [-0.05, 0) is 42.6 Å². The smallest absolute Gasteiger partial charge is 0.224 e. The summed E-state index contributed by atoms with van der Waals surface area (Å²) in [6.45, 7) is 3.35. The van der Waals surface area contributed by atoms with E-state index in [4.69, 9.17) is 11.6 Å². The first-order valence-electron chi connectivity index (χ1n) is 8.49. The highest BCUT2D eigenvalue weighted by atomic mass is 35.5. The highest BCUT2D eigenvalue weighted by Gasteiger charge is 2.25. The van der Waals surface area contributed by atoms with Gasteiger partial charge in [0.2, 0.25) is 5.91 Å². The Labute approximate surface area is 148 Å². The summed E-state index contributed by atoms with van der Waals surface area (Å²) >= 11 is 5.94. The monoisotopic (exact) mass is 342 g/mol. The number of halogens is 1. The predicted octanol–water partition coefficient (Wildman–Crippen LogP) is 3.87. The van der Waals surface area contributed by atoms with Crippen molar-refractivity contribution in [3.63, 3.8) is 0 Å². The molecule has 0 radical (unpaired) electrons. The quantitative estimate of drug-likeness (QED) is 0.894. The summed E-state index contributed by atoms with van der Waals surface area (Å²) in [5.74, 6) is 0.245. The molecule has 0 aromatic heterocycles. The number of nitrogens with zero attached hydrogens (tertiary/aromatic N) is 1. The van der Waals surface area contributed by atoms with Gasteiger partial charge < -0.3 is 5.32 Å². The minimum atomic E-state index is 0.0785. The van der Waals surface area contributed by atoms with E-state index < -0.39 is 0 Å². The molecule has 1 atom stereocenters. The maximum absolute atomic E-state index is 12.5. The van der Waals surface area contributed by atoms with E-state index in [1.807, 2.05) is 42.5 Å². The van der Waals surface area contributed by atoms with Crippen molar-refractivity contribution in [2.24, 2.45) is 5.92 Å². The van der Waals surface area contributed by atoms with Gasteiger partial charge in [0.15, 0.2) is 0 Å². The third-order valence-corrected chi connectivity index (χ3v) is 4.76. The van der Waals surface area contributed by atoms with Crippen molar-refractivity contribution in [3.8, 4) is 0 Å². The summed E-state index contributed by atoms with van der Waals surface area (Å²) in [6.07, 6.45) is 2.04. The van der Waals surface area contributed by atoms with E-state index >= 15 is 0 Å². The van der Waals surface area contributed by atoms with Crippen molar-refractivity contribution in [2.75, 3.05) is 13.1 Å². The number of carbonyl (C=O) groups is 1. The maximum atomic E-state index is 12.5. The molecule has 3 rings (SSSR count). The lowest BCUT2D eigenvalue weighted by atomic mass is 9.96. The Morgan fingerprint density at radius 3 is 2.58 bits per heavy atom. The van der Waals surface area contributed by atoms with Crippen molar-refractivity contribution in [3.05, 3.63) is 70.7 Å². The van der Waals surface area contributed by atoms with Crippen LogP contribution in [0.1, 0.15) is 24.0 Å². The average Bonchev–Trinajstić information content (AvgIpc) is 2.63. The largest absolute Gasteiger partial charge is 0.352 e. The Bertz CT molecular complexity index is 657. The fourth-order valence-electron chi connectivity index (χ4n) is 3.19. The minimum Gasteiger partial charge on any atom is -0.352 e. The SMILES string of the molecule is O=C(NCc1ccccc1)[C@H]1CCCN(Cc2ccc(Cl)cc2)C1. The van der Waals surface area contributed by atoms with Crippen molar-refractivity contribution < 1.29 is 4.79 Å². The van der Waals surface area contributed by atoms with E-state index in [2.05, 4.69) is 22.3 Å². The zero-order chi connectivity index (χ0) is 16.8. The van der Waals surface area contributed by atoms with Gasteiger partial charge in [-0.25, -0.2) is 0 Å². The second kappa shape index (κ2) is 8.32. The number of likely N-dealkylation sites (tertiary alicyclic amines) is 1. The first-order chi connectivity index (χ1) is 11.7. The first-order valence-corrected chi connectivity index (χ1v) is 8.87. The Morgan fingerprint density at radius 1 is 1.08 bits per heavy atom. The molecular weight excluding hydrogens is 320 g/mol. The Hall–Kier alpha value is -1.84. The number of piperidine rings is 1. The number of benzene rings is 2. The van der Waals surface area contributed by atoms with Crippen LogP contribution in [0, 0.1) is 5.92 Å². The third-order valence-electron chi connectivity index (χ3n) is 4.51. The molecule has 1 fully saturated rings. The van der Waals surface area contributed by atoms with E-state index in [0.29, 0.717) is 6.54 Å². The van der Waals surface area contributed by atoms with Gasteiger partial charge in [0.1, 0.15) is 0 Å². The second-order valence-electron chi connectivity index (χ2n) is 6.40. The van der Waals surface area contributed by atoms with Crippen LogP contribution in [0.2, 0.25) is 5.02 Å². The molecule has 0 spiro atoms. The fourth-order valence-corrected chi connectivity index (χ4v) is 3.32. The highest BCUT2D eigenvalue weighted by Crippen LogP contribution is 2.20. The van der Waals surface area contributed by atoms with Crippen LogP contribution in [-0.4, -0.2) is 23.9 Å². The molecule has 1 saturated heterocycles. The lowest BCUT2D eigenvalue weighted by molar-refractivity contribution is -0.126. The van der Waals surface area contributed by atoms with E-state index in [9.17, 15) is 4.79 Å². The number of hydrogen-bond donors (Lipinski definition) is 1. The molecule has 1 N–H and O–H groups in total. The zero-order valence-corrected chi connectivity index (χ0v) is 14.5. The summed E-state index contributed by atoms with van der Waals surface area (Å²) in [7, 11) is 0. The topological polar surface area (TPSA) is 32.3 Å². The van der Waals surface area contributed by atoms with Crippen LogP contribution < -0.4 is 5.32 Å². The molecule has 3 nitrogen and oxygen atoms in total. The fraction of sp³-hybridized carbons (Fsp3) is 0.350. The Balaban J connectivity index is 1.51. The standard InChI is InChI=1S/C20H23ClN2O/c21-19-10-8-17(9-11-19)14-23-12-4-7-18(15-23)20(24)22-13-16-5-2-1-3-6-16/h1-3,5-6,8-11,18H,4,7,12-15H2,(H,22,24)/t18-/m0/s1. The lowest BCUT2D eigenvalue weighted by Crippen LogP contribution is -2.42. The molecule has 4 heteroatoms. The van der Waals surface area contributed by atoms with Crippen LogP contribution in [0.5, 0.6) is 0 Å². The molecular formula is C20H23ClN2O. The average molecular weight is 343 g/mol. The summed E-state index contributed by atoms with van der Waals surface area (Å²) in [4.78, 5) is 14.8. The summed E-state index contributed by atoms with van der Waals surface area (Å²) < 4.78 is 0. The van der Waals surface area contributed by atoms with Crippen LogP contribution in [0.25, 0.3) is 0 Å². The van der Waals surface area contributed by atoms with Crippen LogP contribution in [0.15, 0.2) is 54.6 Å². The molecule has 126 valence electrons. The van der Waals surface area contributed by atoms with Crippen LogP contribution in [-0.2, 0) is 17.9 Å². The Kier molecular flexibility index (Phi) is 5.89. The highest BCUT2D eigenvalue weighted by molar-refractivity contribution is 6.30. The molecule has 1 heterocycles. The van der Waals surface area contributed by atoms with Gasteiger partial charge in [0.05, 0.1) is 5.92 Å². The van der Waals surface area contributed by atoms with Gasteiger partial charge in [0, 0.05) is 24.7 Å². The molecule has 0 aliphatic carbocycles. The van der Waals surface area contributed by atoms with Gasteiger partial charge in [0.25, 0.3) is 0 Å². The number of rotatable bonds is 5. The summed E-state index contributed by atoms with van der Waals surface area (Å²) in [5.41, 5.74) is 2.38. The van der Waals surface area contributed by atoms with Crippen molar-refractivity contribution >= 4 is 17.5 Å². The van der Waals surface area contributed by atoms with Gasteiger partial charge in [-0.1, -0.05) is 54.1 Å². The minimum absolute atomic E-state index is 0.0785. The van der Waals surface area contributed by atoms with Crippen molar-refractivity contribution in [2.45, 2.75) is 25.9 Å². The van der Waals surface area contributed by atoms with Crippen LogP contribution in [0.4, 0.5) is 0 Å². The molecule has 2 aromatic carbocycles. The molecule has 1 aliphatic heterocycles. The van der Waals surface area contributed by atoms with Crippen LogP contribution >= 0.6 is 11.6 Å². The van der Waals surface area contributed by atoms with Gasteiger partial charge in [-0.3, -0.25) is 9.69 Å². The molecule has 1 aliphatic rings. The van der Waals surface area contributed by atoms with Gasteiger partial charge >= 0.3 is 0 Å². The van der Waals surface area contributed by atoms with E-state index in [1.165, 1.54) is 5.56 Å². The molecule has 1 amide bonds. The lowest BCUT2D eigenvalue weighted by Gasteiger charge is -2.32. The van der Waals surface area contributed by atoms with Gasteiger partial charge in [-0.15, -0.1) is 0 Å².